The number of para-hydroxylation sites is 3. The summed E-state index contributed by atoms with van der Waals surface area (Å²) in [4.78, 5) is 12.6. The average Bonchev–Trinajstić information content (AvgIpc) is 3.62. The summed E-state index contributed by atoms with van der Waals surface area (Å²) in [6, 6.07) is 65.5. The lowest BCUT2D eigenvalue weighted by Crippen LogP contribution is -2.09. The summed E-state index contributed by atoms with van der Waals surface area (Å²) in [5.41, 5.74) is 10.9. The molecule has 2 aromatic heterocycles. The first-order valence-corrected chi connectivity index (χ1v) is 17.5. The number of nitrogens with zero attached hydrogens (tertiary/aromatic N) is 3. The van der Waals surface area contributed by atoms with Gasteiger partial charge < -0.3 is 9.32 Å². The molecule has 0 saturated heterocycles. The molecule has 10 rings (SSSR count). The van der Waals surface area contributed by atoms with Gasteiger partial charge in [0, 0.05) is 49.7 Å². The molecule has 0 aliphatic rings. The SMILES string of the molecule is c1ccc(-c2ccc(N(c3ccccc3)c3ccc(-c4nc(-c5cccc6c5oc5c7ccccc7ccc65)c5ccccc5n4)cc3)cc2)cc1. The molecule has 0 aliphatic heterocycles. The lowest BCUT2D eigenvalue weighted by Gasteiger charge is -2.26. The van der Waals surface area contributed by atoms with Gasteiger partial charge >= 0.3 is 0 Å². The number of hydrogen-bond donors (Lipinski definition) is 0. The van der Waals surface area contributed by atoms with Gasteiger partial charge in [-0.3, -0.25) is 0 Å². The fourth-order valence-electron chi connectivity index (χ4n) is 7.34. The monoisotopic (exact) mass is 665 g/mol. The van der Waals surface area contributed by atoms with Gasteiger partial charge in [-0.2, -0.15) is 0 Å². The van der Waals surface area contributed by atoms with Crippen LogP contribution in [0.25, 0.3) is 77.4 Å². The molecular weight excluding hydrogens is 635 g/mol. The molecule has 0 unspecified atom stereocenters. The zero-order chi connectivity index (χ0) is 34.4. The summed E-state index contributed by atoms with van der Waals surface area (Å²) >= 11 is 0. The molecule has 0 fully saturated rings. The van der Waals surface area contributed by atoms with Crippen molar-refractivity contribution >= 4 is 60.7 Å². The van der Waals surface area contributed by atoms with Crippen LogP contribution in [0.1, 0.15) is 0 Å². The quantitative estimate of drug-likeness (QED) is 0.177. The minimum absolute atomic E-state index is 0.664. The van der Waals surface area contributed by atoms with Crippen LogP contribution >= 0.6 is 0 Å². The molecule has 0 amide bonds. The minimum Gasteiger partial charge on any atom is -0.455 e. The summed E-state index contributed by atoms with van der Waals surface area (Å²) in [7, 11) is 0. The number of rotatable bonds is 6. The first-order valence-electron chi connectivity index (χ1n) is 17.5. The normalized spacial score (nSPS) is 11.5. The third-order valence-corrected chi connectivity index (χ3v) is 9.88. The van der Waals surface area contributed by atoms with E-state index in [0.29, 0.717) is 5.82 Å². The number of fused-ring (bicyclic) bond motifs is 6. The second-order valence-corrected chi connectivity index (χ2v) is 13.0. The lowest BCUT2D eigenvalue weighted by atomic mass is 10.0. The maximum Gasteiger partial charge on any atom is 0.160 e. The Morgan fingerprint density at radius 1 is 0.365 bits per heavy atom. The van der Waals surface area contributed by atoms with E-state index in [1.165, 1.54) is 11.1 Å². The van der Waals surface area contributed by atoms with Crippen LogP contribution in [0, 0.1) is 0 Å². The van der Waals surface area contributed by atoms with Crippen molar-refractivity contribution in [1.29, 1.82) is 0 Å². The van der Waals surface area contributed by atoms with E-state index in [0.717, 1.165) is 77.5 Å². The molecule has 0 N–H and O–H groups in total. The fraction of sp³-hybridized carbons (Fsp3) is 0. The zero-order valence-corrected chi connectivity index (χ0v) is 28.1. The van der Waals surface area contributed by atoms with Crippen LogP contribution in [0.3, 0.4) is 0 Å². The van der Waals surface area contributed by atoms with Crippen LogP contribution in [0.15, 0.2) is 192 Å². The Hall–Kier alpha value is -7.04. The van der Waals surface area contributed by atoms with E-state index in [1.807, 2.05) is 24.3 Å². The Morgan fingerprint density at radius 2 is 0.942 bits per heavy atom. The van der Waals surface area contributed by atoms with E-state index in [4.69, 9.17) is 14.4 Å². The predicted molar refractivity (Wildman–Crippen MR) is 215 cm³/mol. The van der Waals surface area contributed by atoms with Crippen LogP contribution in [-0.2, 0) is 0 Å². The average molecular weight is 666 g/mol. The fourth-order valence-corrected chi connectivity index (χ4v) is 7.34. The van der Waals surface area contributed by atoms with Gasteiger partial charge in [-0.05, 0) is 83.2 Å². The van der Waals surface area contributed by atoms with Gasteiger partial charge in [0.15, 0.2) is 5.82 Å². The van der Waals surface area contributed by atoms with Crippen molar-refractivity contribution in [3.63, 3.8) is 0 Å². The highest BCUT2D eigenvalue weighted by molar-refractivity contribution is 6.18. The number of anilines is 3. The lowest BCUT2D eigenvalue weighted by molar-refractivity contribution is 0.673. The van der Waals surface area contributed by atoms with Crippen molar-refractivity contribution in [3.05, 3.63) is 188 Å². The molecule has 0 bridgehead atoms. The van der Waals surface area contributed by atoms with Crippen molar-refractivity contribution in [2.24, 2.45) is 0 Å². The number of hydrogen-bond acceptors (Lipinski definition) is 4. The van der Waals surface area contributed by atoms with Gasteiger partial charge in [0.25, 0.3) is 0 Å². The summed E-state index contributed by atoms with van der Waals surface area (Å²) in [6.07, 6.45) is 0. The summed E-state index contributed by atoms with van der Waals surface area (Å²) < 4.78 is 6.74. The second-order valence-electron chi connectivity index (χ2n) is 13.0. The Morgan fingerprint density at radius 3 is 1.71 bits per heavy atom. The summed E-state index contributed by atoms with van der Waals surface area (Å²) in [6.45, 7) is 0. The highest BCUT2D eigenvalue weighted by Gasteiger charge is 2.19. The minimum atomic E-state index is 0.664. The van der Waals surface area contributed by atoms with Crippen LogP contribution in [0.2, 0.25) is 0 Å². The maximum absolute atomic E-state index is 6.74. The Labute approximate surface area is 300 Å². The molecule has 0 aliphatic carbocycles. The van der Waals surface area contributed by atoms with Gasteiger partial charge in [-0.15, -0.1) is 0 Å². The van der Waals surface area contributed by atoms with E-state index in [9.17, 15) is 0 Å². The summed E-state index contributed by atoms with van der Waals surface area (Å²) in [5, 5.41) is 5.41. The van der Waals surface area contributed by atoms with Crippen LogP contribution < -0.4 is 4.90 Å². The summed E-state index contributed by atoms with van der Waals surface area (Å²) in [5.74, 6) is 0.664. The molecular formula is C48H31N3O. The zero-order valence-electron chi connectivity index (χ0n) is 28.1. The van der Waals surface area contributed by atoms with Crippen molar-refractivity contribution in [3.8, 4) is 33.8 Å². The van der Waals surface area contributed by atoms with Gasteiger partial charge in [0.1, 0.15) is 11.2 Å². The highest BCUT2D eigenvalue weighted by atomic mass is 16.3. The molecule has 8 aromatic carbocycles. The molecule has 244 valence electrons. The smallest absolute Gasteiger partial charge is 0.160 e. The van der Waals surface area contributed by atoms with E-state index in [2.05, 4.69) is 169 Å². The molecule has 4 heteroatoms. The van der Waals surface area contributed by atoms with Crippen LogP contribution in [0.4, 0.5) is 17.1 Å². The molecule has 2 heterocycles. The van der Waals surface area contributed by atoms with Gasteiger partial charge in [0.05, 0.1) is 11.2 Å². The second kappa shape index (κ2) is 12.4. The Balaban J connectivity index is 1.08. The Bertz CT molecular complexity index is 2880. The Kier molecular flexibility index (Phi) is 7.10. The van der Waals surface area contributed by atoms with E-state index >= 15 is 0 Å². The molecule has 0 saturated carbocycles. The van der Waals surface area contributed by atoms with Crippen molar-refractivity contribution < 1.29 is 4.42 Å². The third-order valence-electron chi connectivity index (χ3n) is 9.88. The van der Waals surface area contributed by atoms with E-state index in [1.54, 1.807) is 0 Å². The number of furan rings is 1. The largest absolute Gasteiger partial charge is 0.455 e. The number of benzene rings is 8. The van der Waals surface area contributed by atoms with Gasteiger partial charge in [-0.1, -0.05) is 121 Å². The molecule has 0 atom stereocenters. The molecule has 4 nitrogen and oxygen atoms in total. The first kappa shape index (κ1) is 29.8. The van der Waals surface area contributed by atoms with Crippen LogP contribution in [0.5, 0.6) is 0 Å². The standard InChI is InChI=1S/C48H31N3O/c1-3-12-32(13-4-1)33-22-27-37(28-23-33)51(36-15-5-2-6-16-36)38-29-24-35(25-30-38)48-49-44-21-10-9-18-42(44)45(50-48)43-20-11-19-40-41-31-26-34-14-7-8-17-39(34)46(41)52-47(40)43/h1-31H. The highest BCUT2D eigenvalue weighted by Crippen LogP contribution is 2.41. The van der Waals surface area contributed by atoms with Crippen molar-refractivity contribution in [1.82, 2.24) is 9.97 Å². The molecule has 10 aromatic rings. The third kappa shape index (κ3) is 5.09. The predicted octanol–water partition coefficient (Wildman–Crippen LogP) is 13.2. The number of aromatic nitrogens is 2. The van der Waals surface area contributed by atoms with E-state index in [-0.39, 0.29) is 0 Å². The van der Waals surface area contributed by atoms with E-state index < -0.39 is 0 Å². The first-order chi connectivity index (χ1) is 25.8. The molecule has 52 heavy (non-hydrogen) atoms. The van der Waals surface area contributed by atoms with Crippen molar-refractivity contribution in [2.75, 3.05) is 4.90 Å². The molecule has 0 spiro atoms. The maximum atomic E-state index is 6.74. The van der Waals surface area contributed by atoms with Crippen LogP contribution in [-0.4, -0.2) is 9.97 Å². The van der Waals surface area contributed by atoms with Gasteiger partial charge in [-0.25, -0.2) is 9.97 Å². The van der Waals surface area contributed by atoms with Gasteiger partial charge in [0.2, 0.25) is 0 Å². The molecule has 0 radical (unpaired) electrons. The topological polar surface area (TPSA) is 42.2 Å². The van der Waals surface area contributed by atoms with Crippen molar-refractivity contribution in [2.45, 2.75) is 0 Å².